The smallest absolute Gasteiger partial charge is 0.375 e. The van der Waals surface area contributed by atoms with Gasteiger partial charge in [0.05, 0.1) is 6.61 Å². The van der Waals surface area contributed by atoms with Crippen molar-refractivity contribution in [1.82, 2.24) is 0 Å². The van der Waals surface area contributed by atoms with Crippen LogP contribution in [0.5, 0.6) is 0 Å². The summed E-state index contributed by atoms with van der Waals surface area (Å²) in [5.41, 5.74) is 0.286. The number of hydrogen-bond donors (Lipinski definition) is 0. The van der Waals surface area contributed by atoms with Crippen LogP contribution in [-0.2, 0) is 4.74 Å². The Balaban J connectivity index is 2.53. The van der Waals surface area contributed by atoms with Crippen molar-refractivity contribution < 1.29 is 13.9 Å². The summed E-state index contributed by atoms with van der Waals surface area (Å²) in [7, 11) is 0. The zero-order chi connectivity index (χ0) is 14.7. The van der Waals surface area contributed by atoms with Crippen molar-refractivity contribution in [3.8, 4) is 11.3 Å². The largest absolute Gasteiger partial charge is 0.460 e. The van der Waals surface area contributed by atoms with Gasteiger partial charge in [0.25, 0.3) is 0 Å². The molecule has 20 heavy (non-hydrogen) atoms. The summed E-state index contributed by atoms with van der Waals surface area (Å²) in [6, 6.07) is 8.04. The van der Waals surface area contributed by atoms with Crippen molar-refractivity contribution in [2.45, 2.75) is 6.92 Å². The van der Waals surface area contributed by atoms with Crippen LogP contribution in [0, 0.1) is 0 Å². The Morgan fingerprint density at radius 2 is 2.00 bits per heavy atom. The van der Waals surface area contributed by atoms with Crippen LogP contribution in [0.15, 0.2) is 44.0 Å². The first-order valence-corrected chi connectivity index (χ1v) is 6.96. The number of ether oxygens (including phenoxy) is 1. The number of carbonyl (C=O) groups excluding carboxylic acids is 1. The van der Waals surface area contributed by atoms with E-state index >= 15 is 0 Å². The predicted molar refractivity (Wildman–Crippen MR) is 79.1 cm³/mol. The fourth-order valence-corrected chi connectivity index (χ4v) is 2.05. The lowest BCUT2D eigenvalue weighted by Gasteiger charge is -2.06. The van der Waals surface area contributed by atoms with Gasteiger partial charge in [-0.25, -0.2) is 4.79 Å². The second kappa shape index (κ2) is 6.24. The third-order valence-corrected chi connectivity index (χ3v) is 3.48. The predicted octanol–water partition coefficient (Wildman–Crippen LogP) is 3.90. The fourth-order valence-electron chi connectivity index (χ4n) is 1.56. The van der Waals surface area contributed by atoms with Gasteiger partial charge in [0.15, 0.2) is 0 Å². The van der Waals surface area contributed by atoms with Gasteiger partial charge in [0.1, 0.15) is 10.2 Å². The highest BCUT2D eigenvalue weighted by molar-refractivity contribution is 9.10. The second-order valence-electron chi connectivity index (χ2n) is 3.85. The summed E-state index contributed by atoms with van der Waals surface area (Å²) >= 11 is 8.85. The molecule has 1 heterocycles. The molecule has 2 rings (SSSR count). The summed E-state index contributed by atoms with van der Waals surface area (Å²) in [4.78, 5) is 23.6. The molecule has 0 unspecified atom stereocenters. The van der Waals surface area contributed by atoms with Gasteiger partial charge in [-0.2, -0.15) is 0 Å². The molecule has 0 aliphatic heterocycles. The summed E-state index contributed by atoms with van der Waals surface area (Å²) in [6.07, 6.45) is 0. The van der Waals surface area contributed by atoms with Crippen LogP contribution in [0.25, 0.3) is 11.3 Å². The molecule has 0 amide bonds. The maximum atomic E-state index is 11.9. The van der Waals surface area contributed by atoms with E-state index in [1.165, 1.54) is 6.07 Å². The van der Waals surface area contributed by atoms with Gasteiger partial charge in [-0.3, -0.25) is 4.79 Å². The molecule has 0 aliphatic rings. The molecule has 0 atom stereocenters. The third-order valence-electron chi connectivity index (χ3n) is 2.48. The Morgan fingerprint density at radius 3 is 2.60 bits per heavy atom. The molecule has 0 bridgehead atoms. The van der Waals surface area contributed by atoms with Gasteiger partial charge in [0, 0.05) is 16.7 Å². The third kappa shape index (κ3) is 3.11. The molecular formula is C14H10BrClO4. The van der Waals surface area contributed by atoms with Crippen LogP contribution < -0.4 is 5.43 Å². The van der Waals surface area contributed by atoms with Crippen molar-refractivity contribution in [2.24, 2.45) is 0 Å². The lowest BCUT2D eigenvalue weighted by Crippen LogP contribution is -2.12. The average molecular weight is 358 g/mol. The van der Waals surface area contributed by atoms with Gasteiger partial charge in [0.2, 0.25) is 11.2 Å². The Hall–Kier alpha value is -1.59. The lowest BCUT2D eigenvalue weighted by molar-refractivity contribution is 0.0486. The summed E-state index contributed by atoms with van der Waals surface area (Å²) in [5.74, 6) is -0.561. The quantitative estimate of drug-likeness (QED) is 0.782. The molecule has 4 nitrogen and oxygen atoms in total. The maximum absolute atomic E-state index is 11.9. The first-order valence-electron chi connectivity index (χ1n) is 5.79. The van der Waals surface area contributed by atoms with Crippen molar-refractivity contribution in [2.75, 3.05) is 6.61 Å². The highest BCUT2D eigenvalue weighted by Gasteiger charge is 2.19. The average Bonchev–Trinajstić information content (AvgIpc) is 2.43. The van der Waals surface area contributed by atoms with E-state index in [0.717, 1.165) is 0 Å². The van der Waals surface area contributed by atoms with E-state index in [1.807, 2.05) is 0 Å². The minimum Gasteiger partial charge on any atom is -0.460 e. The van der Waals surface area contributed by atoms with Crippen molar-refractivity contribution in [1.29, 1.82) is 0 Å². The molecule has 0 fully saturated rings. The zero-order valence-corrected chi connectivity index (χ0v) is 12.8. The van der Waals surface area contributed by atoms with E-state index in [0.29, 0.717) is 10.6 Å². The Labute approximate surface area is 128 Å². The van der Waals surface area contributed by atoms with Crippen LogP contribution in [-0.4, -0.2) is 12.6 Å². The van der Waals surface area contributed by atoms with Gasteiger partial charge in [-0.1, -0.05) is 11.6 Å². The number of halogens is 2. The standard InChI is InChI=1S/C14H10BrClO4/c1-2-19-14(18)13-12(15)10(17)7-11(20-13)8-3-5-9(16)6-4-8/h3-7H,2H2,1H3. The molecule has 0 aliphatic carbocycles. The van der Waals surface area contributed by atoms with E-state index in [-0.39, 0.29) is 28.0 Å². The topological polar surface area (TPSA) is 56.5 Å². The van der Waals surface area contributed by atoms with Crippen LogP contribution in [0.2, 0.25) is 5.02 Å². The Bertz CT molecular complexity index is 691. The highest BCUT2D eigenvalue weighted by Crippen LogP contribution is 2.24. The van der Waals surface area contributed by atoms with Crippen LogP contribution in [0.3, 0.4) is 0 Å². The molecule has 0 saturated heterocycles. The fraction of sp³-hybridized carbons (Fsp3) is 0.143. The van der Waals surface area contributed by atoms with Gasteiger partial charge in [-0.05, 0) is 47.1 Å². The molecule has 104 valence electrons. The molecule has 0 saturated carbocycles. The molecule has 1 aromatic carbocycles. The first-order chi connectivity index (χ1) is 9.52. The van der Waals surface area contributed by atoms with Gasteiger partial charge >= 0.3 is 5.97 Å². The van der Waals surface area contributed by atoms with Gasteiger partial charge < -0.3 is 9.15 Å². The van der Waals surface area contributed by atoms with Crippen LogP contribution >= 0.6 is 27.5 Å². The zero-order valence-electron chi connectivity index (χ0n) is 10.5. The summed E-state index contributed by atoms with van der Waals surface area (Å²) in [5, 5.41) is 0.568. The van der Waals surface area contributed by atoms with E-state index < -0.39 is 5.97 Å². The normalized spacial score (nSPS) is 10.3. The first kappa shape index (κ1) is 14.8. The molecule has 2 aromatic rings. The lowest BCUT2D eigenvalue weighted by atomic mass is 10.1. The monoisotopic (exact) mass is 356 g/mol. The molecule has 0 N–H and O–H groups in total. The van der Waals surface area contributed by atoms with Crippen molar-refractivity contribution in [3.05, 3.63) is 55.8 Å². The summed E-state index contributed by atoms with van der Waals surface area (Å²) in [6.45, 7) is 1.87. The Kier molecular flexibility index (Phi) is 4.62. The van der Waals surface area contributed by atoms with Gasteiger partial charge in [-0.15, -0.1) is 0 Å². The highest BCUT2D eigenvalue weighted by atomic mass is 79.9. The number of hydrogen-bond acceptors (Lipinski definition) is 4. The van der Waals surface area contributed by atoms with E-state index in [2.05, 4.69) is 15.9 Å². The molecule has 0 radical (unpaired) electrons. The Morgan fingerprint density at radius 1 is 1.35 bits per heavy atom. The maximum Gasteiger partial charge on any atom is 0.375 e. The van der Waals surface area contributed by atoms with Crippen LogP contribution in [0.4, 0.5) is 0 Å². The summed E-state index contributed by atoms with van der Waals surface area (Å²) < 4.78 is 10.4. The molecule has 0 spiro atoms. The number of benzene rings is 1. The minimum absolute atomic E-state index is 0.0497. The molecule has 6 heteroatoms. The number of esters is 1. The minimum atomic E-state index is -0.688. The number of rotatable bonds is 3. The van der Waals surface area contributed by atoms with E-state index in [9.17, 15) is 9.59 Å². The van der Waals surface area contributed by atoms with Crippen molar-refractivity contribution >= 4 is 33.5 Å². The molecule has 1 aromatic heterocycles. The van der Waals surface area contributed by atoms with Crippen molar-refractivity contribution in [3.63, 3.8) is 0 Å². The van der Waals surface area contributed by atoms with E-state index in [1.54, 1.807) is 31.2 Å². The second-order valence-corrected chi connectivity index (χ2v) is 5.07. The molecular weight excluding hydrogens is 348 g/mol. The number of carbonyl (C=O) groups is 1. The van der Waals surface area contributed by atoms with E-state index in [4.69, 9.17) is 20.8 Å². The van der Waals surface area contributed by atoms with Crippen LogP contribution in [0.1, 0.15) is 17.5 Å². The SMILES string of the molecule is CCOC(=O)c1oc(-c2ccc(Cl)cc2)cc(=O)c1Br.